The number of hydrogen-bond acceptors (Lipinski definition) is 4. The summed E-state index contributed by atoms with van der Waals surface area (Å²) in [5.74, 6) is -0.00604. The molecule has 0 saturated heterocycles. The van der Waals surface area contributed by atoms with Gasteiger partial charge >= 0.3 is 11.1 Å². The van der Waals surface area contributed by atoms with Crippen LogP contribution in [0.15, 0.2) is 64.4 Å². The van der Waals surface area contributed by atoms with Crippen LogP contribution in [0.5, 0.6) is 5.75 Å². The zero-order chi connectivity index (χ0) is 21.0. The van der Waals surface area contributed by atoms with Gasteiger partial charge in [0.2, 0.25) is 5.91 Å². The summed E-state index contributed by atoms with van der Waals surface area (Å²) in [6.45, 7) is 1.87. The Hall–Kier alpha value is -3.32. The molecule has 0 aliphatic rings. The zero-order valence-corrected chi connectivity index (χ0v) is 16.8. The standard InChI is InChI=1S/C21H20ClN3O4/c1-14-10-17(18(29-2)11-16(14)22)25-9-8-24(20(27)21(25)28)13-19(26)23-12-15-6-4-3-5-7-15/h3-11H,12-13H2,1-2H3,(H,23,26). The van der Waals surface area contributed by atoms with E-state index in [1.54, 1.807) is 19.1 Å². The minimum Gasteiger partial charge on any atom is -0.495 e. The highest BCUT2D eigenvalue weighted by atomic mass is 35.5. The topological polar surface area (TPSA) is 82.3 Å². The summed E-state index contributed by atoms with van der Waals surface area (Å²) >= 11 is 6.10. The summed E-state index contributed by atoms with van der Waals surface area (Å²) in [5.41, 5.74) is 0.477. The Kier molecular flexibility index (Phi) is 6.19. The highest BCUT2D eigenvalue weighted by molar-refractivity contribution is 6.31. The minimum absolute atomic E-state index is 0.251. The number of rotatable bonds is 6. The number of ether oxygens (including phenoxy) is 1. The van der Waals surface area contributed by atoms with E-state index in [4.69, 9.17) is 16.3 Å². The van der Waals surface area contributed by atoms with Crippen LogP contribution in [0.2, 0.25) is 5.02 Å². The molecule has 0 bridgehead atoms. The molecule has 0 unspecified atom stereocenters. The second-order valence-corrected chi connectivity index (χ2v) is 6.85. The van der Waals surface area contributed by atoms with Crippen molar-refractivity contribution in [2.24, 2.45) is 0 Å². The SMILES string of the molecule is COc1cc(Cl)c(C)cc1-n1ccn(CC(=O)NCc2ccccc2)c(=O)c1=O. The largest absolute Gasteiger partial charge is 0.495 e. The third-order valence-electron chi connectivity index (χ3n) is 4.42. The molecule has 0 aliphatic carbocycles. The summed E-state index contributed by atoms with van der Waals surface area (Å²) in [4.78, 5) is 37.3. The maximum atomic E-state index is 12.6. The summed E-state index contributed by atoms with van der Waals surface area (Å²) in [7, 11) is 1.45. The lowest BCUT2D eigenvalue weighted by molar-refractivity contribution is -0.121. The Balaban J connectivity index is 1.83. The number of carbonyl (C=O) groups excluding carboxylic acids is 1. The summed E-state index contributed by atoms with van der Waals surface area (Å²) < 4.78 is 7.54. The molecule has 0 atom stereocenters. The molecule has 0 saturated carbocycles. The second kappa shape index (κ2) is 8.79. The van der Waals surface area contributed by atoms with E-state index in [1.807, 2.05) is 30.3 Å². The van der Waals surface area contributed by atoms with Crippen LogP contribution >= 0.6 is 11.6 Å². The third-order valence-corrected chi connectivity index (χ3v) is 4.83. The molecule has 0 radical (unpaired) electrons. The quantitative estimate of drug-likeness (QED) is 0.628. The number of methoxy groups -OCH3 is 1. The first-order valence-corrected chi connectivity index (χ1v) is 9.25. The van der Waals surface area contributed by atoms with Crippen molar-refractivity contribution in [1.29, 1.82) is 0 Å². The predicted octanol–water partition coefficient (Wildman–Crippen LogP) is 2.29. The van der Waals surface area contributed by atoms with Crippen molar-refractivity contribution >= 4 is 17.5 Å². The van der Waals surface area contributed by atoms with Crippen molar-refractivity contribution in [3.8, 4) is 11.4 Å². The molecule has 2 aromatic carbocycles. The van der Waals surface area contributed by atoms with Crippen LogP contribution in [0.4, 0.5) is 0 Å². The number of amides is 1. The molecule has 150 valence electrons. The molecular weight excluding hydrogens is 394 g/mol. The van der Waals surface area contributed by atoms with E-state index in [1.165, 1.54) is 24.1 Å². The van der Waals surface area contributed by atoms with Crippen LogP contribution < -0.4 is 21.2 Å². The van der Waals surface area contributed by atoms with Crippen molar-refractivity contribution < 1.29 is 9.53 Å². The average Bonchev–Trinajstić information content (AvgIpc) is 2.72. The molecule has 0 fully saturated rings. The smallest absolute Gasteiger partial charge is 0.321 e. The Labute approximate surface area is 172 Å². The lowest BCUT2D eigenvalue weighted by Crippen LogP contribution is -2.42. The number of nitrogens with zero attached hydrogens (tertiary/aromatic N) is 2. The van der Waals surface area contributed by atoms with Crippen LogP contribution in [0.3, 0.4) is 0 Å². The predicted molar refractivity (Wildman–Crippen MR) is 111 cm³/mol. The fourth-order valence-corrected chi connectivity index (χ4v) is 2.98. The van der Waals surface area contributed by atoms with Gasteiger partial charge in [0.05, 0.1) is 12.8 Å². The van der Waals surface area contributed by atoms with Crippen LogP contribution in [0.25, 0.3) is 5.69 Å². The molecule has 1 aromatic heterocycles. The summed E-state index contributed by atoms with van der Waals surface area (Å²) in [6.07, 6.45) is 2.83. The number of halogens is 1. The van der Waals surface area contributed by atoms with Crippen molar-refractivity contribution in [3.05, 3.63) is 91.7 Å². The van der Waals surface area contributed by atoms with Gasteiger partial charge in [-0.25, -0.2) is 0 Å². The number of hydrogen-bond donors (Lipinski definition) is 1. The fraction of sp³-hybridized carbons (Fsp3) is 0.190. The molecule has 7 nitrogen and oxygen atoms in total. The summed E-state index contributed by atoms with van der Waals surface area (Å²) in [6, 6.07) is 12.7. The zero-order valence-electron chi connectivity index (χ0n) is 16.0. The van der Waals surface area contributed by atoms with Gasteiger partial charge in [0, 0.05) is 30.0 Å². The van der Waals surface area contributed by atoms with Gasteiger partial charge in [-0.1, -0.05) is 41.9 Å². The van der Waals surface area contributed by atoms with Gasteiger partial charge in [-0.2, -0.15) is 0 Å². The van der Waals surface area contributed by atoms with Gasteiger partial charge in [-0.15, -0.1) is 0 Å². The maximum Gasteiger partial charge on any atom is 0.321 e. The lowest BCUT2D eigenvalue weighted by atomic mass is 10.2. The van der Waals surface area contributed by atoms with E-state index in [0.717, 1.165) is 15.7 Å². The van der Waals surface area contributed by atoms with E-state index in [-0.39, 0.29) is 12.5 Å². The number of aryl methyl sites for hydroxylation is 1. The average molecular weight is 414 g/mol. The fourth-order valence-electron chi connectivity index (χ4n) is 2.83. The number of benzene rings is 2. The Morgan fingerprint density at radius 3 is 2.52 bits per heavy atom. The van der Waals surface area contributed by atoms with Crippen LogP contribution in [0, 0.1) is 6.92 Å². The maximum absolute atomic E-state index is 12.6. The van der Waals surface area contributed by atoms with E-state index in [0.29, 0.717) is 23.0 Å². The molecule has 0 spiro atoms. The van der Waals surface area contributed by atoms with Crippen molar-refractivity contribution in [2.45, 2.75) is 20.0 Å². The van der Waals surface area contributed by atoms with E-state index in [2.05, 4.69) is 5.32 Å². The molecule has 3 aromatic rings. The molecule has 29 heavy (non-hydrogen) atoms. The van der Waals surface area contributed by atoms with Gasteiger partial charge < -0.3 is 10.1 Å². The van der Waals surface area contributed by atoms with Crippen LogP contribution in [-0.2, 0) is 17.9 Å². The van der Waals surface area contributed by atoms with Gasteiger partial charge in [-0.3, -0.25) is 23.5 Å². The van der Waals surface area contributed by atoms with E-state index >= 15 is 0 Å². The Morgan fingerprint density at radius 1 is 1.10 bits per heavy atom. The van der Waals surface area contributed by atoms with Crippen molar-refractivity contribution in [1.82, 2.24) is 14.5 Å². The van der Waals surface area contributed by atoms with Gasteiger partial charge in [0.25, 0.3) is 0 Å². The van der Waals surface area contributed by atoms with Gasteiger partial charge in [0.15, 0.2) is 0 Å². The third kappa shape index (κ3) is 4.57. The van der Waals surface area contributed by atoms with E-state index in [9.17, 15) is 14.4 Å². The van der Waals surface area contributed by atoms with Gasteiger partial charge in [0.1, 0.15) is 12.3 Å². The number of carbonyl (C=O) groups is 1. The van der Waals surface area contributed by atoms with Crippen LogP contribution in [-0.4, -0.2) is 22.2 Å². The highest BCUT2D eigenvalue weighted by Gasteiger charge is 2.14. The van der Waals surface area contributed by atoms with Crippen LogP contribution in [0.1, 0.15) is 11.1 Å². The first-order valence-electron chi connectivity index (χ1n) is 8.88. The number of aromatic nitrogens is 2. The summed E-state index contributed by atoms with van der Waals surface area (Å²) in [5, 5.41) is 3.22. The molecule has 8 heteroatoms. The molecule has 1 heterocycles. The second-order valence-electron chi connectivity index (χ2n) is 6.44. The Morgan fingerprint density at radius 2 is 1.83 bits per heavy atom. The minimum atomic E-state index is -0.808. The molecule has 3 rings (SSSR count). The van der Waals surface area contributed by atoms with Gasteiger partial charge in [-0.05, 0) is 24.1 Å². The first kappa shape index (κ1) is 20.4. The van der Waals surface area contributed by atoms with Crippen molar-refractivity contribution in [3.63, 3.8) is 0 Å². The molecular formula is C21H20ClN3O4. The van der Waals surface area contributed by atoms with Crippen molar-refractivity contribution in [2.75, 3.05) is 7.11 Å². The monoisotopic (exact) mass is 413 g/mol. The Bertz CT molecular complexity index is 1150. The molecule has 0 aliphatic heterocycles. The molecule has 1 N–H and O–H groups in total. The first-order chi connectivity index (χ1) is 13.9. The normalized spacial score (nSPS) is 10.6. The lowest BCUT2D eigenvalue weighted by Gasteiger charge is -2.14. The number of nitrogens with one attached hydrogen (secondary N) is 1. The highest BCUT2D eigenvalue weighted by Crippen LogP contribution is 2.28. The molecule has 1 amide bonds. The van der Waals surface area contributed by atoms with E-state index < -0.39 is 11.1 Å².